The van der Waals surface area contributed by atoms with Gasteiger partial charge in [-0.25, -0.2) is 0 Å². The van der Waals surface area contributed by atoms with Gasteiger partial charge in [0.2, 0.25) is 0 Å². The van der Waals surface area contributed by atoms with Crippen LogP contribution in [0.4, 0.5) is 0 Å². The minimum atomic E-state index is 0.824. The van der Waals surface area contributed by atoms with Gasteiger partial charge in [-0.2, -0.15) is 12.6 Å². The number of hydrogen-bond acceptors (Lipinski definition) is 1. The van der Waals surface area contributed by atoms with E-state index in [0.717, 1.165) is 28.6 Å². The Labute approximate surface area is 99.6 Å². The van der Waals surface area contributed by atoms with E-state index in [1.54, 1.807) is 0 Å². The van der Waals surface area contributed by atoms with Gasteiger partial charge in [0.25, 0.3) is 0 Å². The van der Waals surface area contributed by atoms with Crippen LogP contribution >= 0.6 is 28.6 Å². The molecule has 14 heavy (non-hydrogen) atoms. The molecule has 1 rings (SSSR count). The predicted octanol–water partition coefficient (Wildman–Crippen LogP) is 3.68. The van der Waals surface area contributed by atoms with Crippen molar-refractivity contribution >= 4 is 28.6 Å². The standard InChI is InChI=1S/C12H13BrS/c1-2-10-9-12(13)7-6-11(10)5-3-4-8-14/h6-7,9,14H,2,4,8H2,1H3. The van der Waals surface area contributed by atoms with Crippen molar-refractivity contribution in [3.63, 3.8) is 0 Å². The van der Waals surface area contributed by atoms with Crippen LogP contribution in [0.3, 0.4) is 0 Å². The van der Waals surface area contributed by atoms with Gasteiger partial charge in [0.1, 0.15) is 0 Å². The van der Waals surface area contributed by atoms with Gasteiger partial charge in [-0.3, -0.25) is 0 Å². The largest absolute Gasteiger partial charge is 0.178 e. The van der Waals surface area contributed by atoms with Gasteiger partial charge in [0, 0.05) is 22.2 Å². The molecule has 74 valence electrons. The summed E-state index contributed by atoms with van der Waals surface area (Å²) in [5, 5.41) is 0. The van der Waals surface area contributed by atoms with E-state index in [1.807, 2.05) is 6.07 Å². The van der Waals surface area contributed by atoms with E-state index in [-0.39, 0.29) is 0 Å². The summed E-state index contributed by atoms with van der Waals surface area (Å²) < 4.78 is 1.12. The Morgan fingerprint density at radius 2 is 2.21 bits per heavy atom. The molecule has 0 heterocycles. The van der Waals surface area contributed by atoms with Crippen molar-refractivity contribution in [1.29, 1.82) is 0 Å². The first-order chi connectivity index (χ1) is 6.77. The van der Waals surface area contributed by atoms with E-state index in [9.17, 15) is 0 Å². The lowest BCUT2D eigenvalue weighted by molar-refractivity contribution is 1.13. The van der Waals surface area contributed by atoms with Crippen molar-refractivity contribution in [1.82, 2.24) is 0 Å². The fourth-order valence-corrected chi connectivity index (χ4v) is 1.71. The highest BCUT2D eigenvalue weighted by Gasteiger charge is 1.97. The van der Waals surface area contributed by atoms with Crippen molar-refractivity contribution in [2.45, 2.75) is 19.8 Å². The average molecular weight is 269 g/mol. The molecular formula is C12H13BrS. The van der Waals surface area contributed by atoms with Crippen LogP contribution in [0.15, 0.2) is 22.7 Å². The smallest absolute Gasteiger partial charge is 0.0277 e. The van der Waals surface area contributed by atoms with Crippen LogP contribution in [-0.2, 0) is 6.42 Å². The van der Waals surface area contributed by atoms with Crippen LogP contribution in [0.1, 0.15) is 24.5 Å². The van der Waals surface area contributed by atoms with E-state index in [0.29, 0.717) is 0 Å². The number of aryl methyl sites for hydroxylation is 1. The highest BCUT2D eigenvalue weighted by molar-refractivity contribution is 9.10. The third-order valence-electron chi connectivity index (χ3n) is 1.91. The van der Waals surface area contributed by atoms with E-state index >= 15 is 0 Å². The summed E-state index contributed by atoms with van der Waals surface area (Å²) in [6.07, 6.45) is 1.87. The molecule has 0 aliphatic heterocycles. The summed E-state index contributed by atoms with van der Waals surface area (Å²) in [5.41, 5.74) is 2.43. The summed E-state index contributed by atoms with van der Waals surface area (Å²) in [7, 11) is 0. The number of hydrogen-bond donors (Lipinski definition) is 1. The van der Waals surface area contributed by atoms with Crippen LogP contribution in [-0.4, -0.2) is 5.75 Å². The Morgan fingerprint density at radius 1 is 1.43 bits per heavy atom. The number of benzene rings is 1. The monoisotopic (exact) mass is 268 g/mol. The van der Waals surface area contributed by atoms with Gasteiger partial charge in [-0.05, 0) is 30.2 Å². The first-order valence-electron chi connectivity index (χ1n) is 4.66. The molecule has 0 fully saturated rings. The lowest BCUT2D eigenvalue weighted by atomic mass is 10.1. The Bertz CT molecular complexity index is 360. The number of thiol groups is 1. The van der Waals surface area contributed by atoms with Gasteiger partial charge in [-0.15, -0.1) is 0 Å². The minimum absolute atomic E-state index is 0.824. The maximum Gasteiger partial charge on any atom is 0.0277 e. The van der Waals surface area contributed by atoms with Gasteiger partial charge < -0.3 is 0 Å². The topological polar surface area (TPSA) is 0 Å². The first-order valence-corrected chi connectivity index (χ1v) is 6.08. The van der Waals surface area contributed by atoms with Gasteiger partial charge in [0.15, 0.2) is 0 Å². The van der Waals surface area contributed by atoms with Crippen LogP contribution in [0.5, 0.6) is 0 Å². The molecule has 0 aliphatic carbocycles. The third-order valence-corrected chi connectivity index (χ3v) is 2.62. The molecule has 0 bridgehead atoms. The Hall–Kier alpha value is -0.390. The van der Waals surface area contributed by atoms with E-state index < -0.39 is 0 Å². The maximum absolute atomic E-state index is 4.12. The van der Waals surface area contributed by atoms with Crippen LogP contribution in [0.2, 0.25) is 0 Å². The molecule has 0 atom stereocenters. The number of halogens is 1. The zero-order valence-corrected chi connectivity index (χ0v) is 10.7. The molecule has 0 amide bonds. The molecule has 0 saturated heterocycles. The Kier molecular flexibility index (Phi) is 5.14. The van der Waals surface area contributed by atoms with Gasteiger partial charge in [0.05, 0.1) is 0 Å². The summed E-state index contributed by atoms with van der Waals surface area (Å²) >= 11 is 7.58. The molecule has 0 aliphatic rings. The molecule has 2 heteroatoms. The van der Waals surface area contributed by atoms with Crippen LogP contribution < -0.4 is 0 Å². The first kappa shape index (κ1) is 11.7. The maximum atomic E-state index is 4.12. The second kappa shape index (κ2) is 6.16. The highest BCUT2D eigenvalue weighted by Crippen LogP contribution is 2.16. The average Bonchev–Trinajstić information content (AvgIpc) is 2.20. The van der Waals surface area contributed by atoms with Crippen LogP contribution in [0.25, 0.3) is 0 Å². The SMILES string of the molecule is CCc1cc(Br)ccc1C#CCCS. The molecule has 0 N–H and O–H groups in total. The molecule has 0 aromatic heterocycles. The molecule has 0 saturated carbocycles. The second-order valence-corrected chi connectivity index (χ2v) is 4.29. The quantitative estimate of drug-likeness (QED) is 0.614. The van der Waals surface area contributed by atoms with Crippen molar-refractivity contribution in [3.05, 3.63) is 33.8 Å². The summed E-state index contributed by atoms with van der Waals surface area (Å²) in [4.78, 5) is 0. The van der Waals surface area contributed by atoms with Gasteiger partial charge in [-0.1, -0.05) is 34.7 Å². The van der Waals surface area contributed by atoms with Crippen LogP contribution in [0, 0.1) is 11.8 Å². The molecule has 0 unspecified atom stereocenters. The fourth-order valence-electron chi connectivity index (χ4n) is 1.19. The van der Waals surface area contributed by atoms with E-state index in [4.69, 9.17) is 0 Å². The zero-order valence-electron chi connectivity index (χ0n) is 8.18. The summed E-state index contributed by atoms with van der Waals surface area (Å²) in [5.74, 6) is 7.10. The van der Waals surface area contributed by atoms with Crippen molar-refractivity contribution in [2.24, 2.45) is 0 Å². The van der Waals surface area contributed by atoms with E-state index in [1.165, 1.54) is 5.56 Å². The molecule has 1 aromatic rings. The van der Waals surface area contributed by atoms with Crippen molar-refractivity contribution in [3.8, 4) is 11.8 Å². The fraction of sp³-hybridized carbons (Fsp3) is 0.333. The number of rotatable bonds is 2. The lowest BCUT2D eigenvalue weighted by Gasteiger charge is -2.01. The van der Waals surface area contributed by atoms with Gasteiger partial charge >= 0.3 is 0 Å². The van der Waals surface area contributed by atoms with Crippen molar-refractivity contribution < 1.29 is 0 Å². The van der Waals surface area contributed by atoms with Crippen molar-refractivity contribution in [2.75, 3.05) is 5.75 Å². The molecule has 0 radical (unpaired) electrons. The minimum Gasteiger partial charge on any atom is -0.178 e. The molecular weight excluding hydrogens is 256 g/mol. The third kappa shape index (κ3) is 3.40. The van der Waals surface area contributed by atoms with E-state index in [2.05, 4.69) is 59.5 Å². The molecule has 0 spiro atoms. The summed E-state index contributed by atoms with van der Waals surface area (Å²) in [6.45, 7) is 2.14. The zero-order chi connectivity index (χ0) is 10.4. The molecule has 1 aromatic carbocycles. The second-order valence-electron chi connectivity index (χ2n) is 2.93. The molecule has 0 nitrogen and oxygen atoms in total. The predicted molar refractivity (Wildman–Crippen MR) is 68.9 cm³/mol. The normalized spacial score (nSPS) is 9.36. The lowest BCUT2D eigenvalue weighted by Crippen LogP contribution is -1.87. The summed E-state index contributed by atoms with van der Waals surface area (Å²) in [6, 6.07) is 6.23. The highest BCUT2D eigenvalue weighted by atomic mass is 79.9. The Morgan fingerprint density at radius 3 is 2.86 bits per heavy atom. The Balaban J connectivity index is 2.92.